The minimum absolute atomic E-state index is 0.112. The Hall–Kier alpha value is -2.77. The van der Waals surface area contributed by atoms with Gasteiger partial charge in [0.1, 0.15) is 0 Å². The number of likely N-dealkylation sites (tertiary alicyclic amines) is 1. The highest BCUT2D eigenvalue weighted by atomic mass is 32.1. The number of thiophene rings is 1. The number of anilines is 1. The summed E-state index contributed by atoms with van der Waals surface area (Å²) in [7, 11) is 0. The largest absolute Gasteiger partial charge is 0.330 e. The van der Waals surface area contributed by atoms with E-state index in [1.54, 1.807) is 6.07 Å². The van der Waals surface area contributed by atoms with Crippen molar-refractivity contribution in [3.05, 3.63) is 81.6 Å². The molecule has 2 aliphatic rings. The average molecular weight is 479 g/mol. The lowest BCUT2D eigenvalue weighted by atomic mass is 9.71. The monoisotopic (exact) mass is 478 g/mol. The fourth-order valence-corrected chi connectivity index (χ4v) is 6.27. The van der Waals surface area contributed by atoms with Crippen molar-refractivity contribution in [3.8, 4) is 0 Å². The summed E-state index contributed by atoms with van der Waals surface area (Å²) in [4.78, 5) is 20.8. The molecule has 2 aromatic heterocycles. The molecule has 5 nitrogen and oxygen atoms in total. The molecule has 0 saturated carbocycles. The number of carbonyl (C=O) groups is 1. The lowest BCUT2D eigenvalue weighted by Crippen LogP contribution is -2.49. The molecule has 7 heteroatoms. The van der Waals surface area contributed by atoms with E-state index in [0.29, 0.717) is 0 Å². The highest BCUT2D eigenvalue weighted by Crippen LogP contribution is 2.51. The topological polar surface area (TPSA) is 57.3 Å². The lowest BCUT2D eigenvalue weighted by Gasteiger charge is -2.43. The van der Waals surface area contributed by atoms with E-state index in [2.05, 4.69) is 52.6 Å². The van der Waals surface area contributed by atoms with Crippen molar-refractivity contribution in [3.63, 3.8) is 0 Å². The number of hydrogen-bond donors (Lipinski definition) is 2. The number of fused-ring (bicyclic) bond motifs is 1. The predicted octanol–water partition coefficient (Wildman–Crippen LogP) is 6.03. The van der Waals surface area contributed by atoms with E-state index in [-0.39, 0.29) is 28.2 Å². The third-order valence-corrected chi connectivity index (χ3v) is 8.63. The summed E-state index contributed by atoms with van der Waals surface area (Å²) in [5.74, 6) is 0. The van der Waals surface area contributed by atoms with Gasteiger partial charge in [-0.25, -0.2) is 4.79 Å². The maximum Gasteiger partial charge on any atom is 0.319 e. The molecule has 2 N–H and O–H groups in total. The summed E-state index contributed by atoms with van der Waals surface area (Å²) in [6.45, 7) is 8.25. The van der Waals surface area contributed by atoms with Gasteiger partial charge >= 0.3 is 6.03 Å². The van der Waals surface area contributed by atoms with Crippen LogP contribution in [0.3, 0.4) is 0 Å². The number of aryl methyl sites for hydroxylation is 2. The minimum Gasteiger partial charge on any atom is -0.330 e. The van der Waals surface area contributed by atoms with Crippen LogP contribution in [0.25, 0.3) is 0 Å². The van der Waals surface area contributed by atoms with Crippen LogP contribution in [-0.4, -0.2) is 29.0 Å². The molecule has 0 bridgehead atoms. The van der Waals surface area contributed by atoms with Crippen LogP contribution in [0, 0.1) is 17.5 Å². The van der Waals surface area contributed by atoms with Crippen LogP contribution in [0.4, 0.5) is 14.9 Å². The number of hydrogen-bond acceptors (Lipinski definition) is 4. The first-order chi connectivity index (χ1) is 16.3. The smallest absolute Gasteiger partial charge is 0.319 e. The Kier molecular flexibility index (Phi) is 5.94. The molecule has 2 amide bonds. The Balaban J connectivity index is 1.49. The van der Waals surface area contributed by atoms with Gasteiger partial charge in [-0.3, -0.25) is 9.88 Å². The maximum atomic E-state index is 13.7. The number of nitrogens with one attached hydrogen (secondary N) is 2. The van der Waals surface area contributed by atoms with Gasteiger partial charge in [0.25, 0.3) is 0 Å². The number of amides is 2. The molecule has 178 valence electrons. The van der Waals surface area contributed by atoms with Crippen LogP contribution < -0.4 is 10.6 Å². The van der Waals surface area contributed by atoms with Gasteiger partial charge in [0.15, 0.2) is 5.13 Å². The van der Waals surface area contributed by atoms with Gasteiger partial charge in [-0.15, -0.1) is 11.3 Å². The molecule has 2 atom stereocenters. The first-order valence-corrected chi connectivity index (χ1v) is 12.7. The van der Waals surface area contributed by atoms with Gasteiger partial charge < -0.3 is 10.6 Å². The van der Waals surface area contributed by atoms with Crippen molar-refractivity contribution in [1.29, 1.82) is 0 Å². The predicted molar refractivity (Wildman–Crippen MR) is 135 cm³/mol. The third-order valence-electron chi connectivity index (χ3n) is 7.70. The molecule has 5 rings (SSSR count). The molecule has 0 radical (unpaired) electrons. The molecular formula is C27H31FN4OS. The van der Waals surface area contributed by atoms with E-state index in [4.69, 9.17) is 0 Å². The fraction of sp³-hybridized carbons (Fsp3) is 0.407. The fourth-order valence-electron chi connectivity index (χ4n) is 5.54. The van der Waals surface area contributed by atoms with Gasteiger partial charge in [-0.2, -0.15) is 4.39 Å². The van der Waals surface area contributed by atoms with E-state index in [9.17, 15) is 9.18 Å². The second-order valence-corrected chi connectivity index (χ2v) is 11.2. The summed E-state index contributed by atoms with van der Waals surface area (Å²) in [5.41, 5.74) is 3.81. The number of urea groups is 1. The molecule has 34 heavy (non-hydrogen) atoms. The Morgan fingerprint density at radius 2 is 2.03 bits per heavy atom. The average Bonchev–Trinajstić information content (AvgIpc) is 3.45. The SMILES string of the molecule is Cc1ccc(C(C)(C)N2CCC(CCc3ccc(F)s3)([C@H]3NC(=O)Nc4ccccc43)C2)cn1. The zero-order valence-electron chi connectivity index (χ0n) is 19.9. The zero-order chi connectivity index (χ0) is 23.9. The molecule has 0 spiro atoms. The van der Waals surface area contributed by atoms with Crippen molar-refractivity contribution in [2.45, 2.75) is 51.6 Å². The molecule has 4 heterocycles. The quantitative estimate of drug-likeness (QED) is 0.455. The highest BCUT2D eigenvalue weighted by molar-refractivity contribution is 7.10. The number of aromatic nitrogens is 1. The van der Waals surface area contributed by atoms with Crippen LogP contribution >= 0.6 is 11.3 Å². The van der Waals surface area contributed by atoms with Crippen molar-refractivity contribution >= 4 is 23.1 Å². The standard InChI is InChI=1S/C27H31FN4OS/c1-18-8-9-19(16-29-18)26(2,3)32-15-14-27(17-32,13-12-20-10-11-23(28)34-20)24-21-6-4-5-7-22(21)30-25(33)31-24/h4-11,16,24H,12-15,17H2,1-3H3,(H2,30,31,33)/t24-,27?/m0/s1. The van der Waals surface area contributed by atoms with Crippen molar-refractivity contribution in [2.24, 2.45) is 5.41 Å². The Bertz CT molecular complexity index is 1190. The molecular weight excluding hydrogens is 447 g/mol. The molecule has 1 aromatic carbocycles. The zero-order valence-corrected chi connectivity index (χ0v) is 20.7. The number of carbonyl (C=O) groups excluding carboxylic acids is 1. The number of benzene rings is 1. The molecule has 1 unspecified atom stereocenters. The third kappa shape index (κ3) is 4.23. The number of rotatable bonds is 6. The first-order valence-electron chi connectivity index (χ1n) is 11.9. The summed E-state index contributed by atoms with van der Waals surface area (Å²) < 4.78 is 13.7. The van der Waals surface area contributed by atoms with Gasteiger partial charge in [-0.1, -0.05) is 24.3 Å². The van der Waals surface area contributed by atoms with Crippen LogP contribution in [0.15, 0.2) is 54.7 Å². The molecule has 3 aromatic rings. The van der Waals surface area contributed by atoms with Crippen LogP contribution in [-0.2, 0) is 12.0 Å². The molecule has 0 aliphatic carbocycles. The number of pyridine rings is 1. The second-order valence-electron chi connectivity index (χ2n) is 10.1. The van der Waals surface area contributed by atoms with E-state index < -0.39 is 0 Å². The lowest BCUT2D eigenvalue weighted by molar-refractivity contribution is 0.109. The normalized spacial score (nSPS) is 22.8. The number of para-hydroxylation sites is 1. The van der Waals surface area contributed by atoms with Gasteiger partial charge in [0, 0.05) is 40.0 Å². The minimum atomic E-state index is -0.200. The highest BCUT2D eigenvalue weighted by Gasteiger charge is 2.50. The number of nitrogens with zero attached hydrogens (tertiary/aromatic N) is 2. The van der Waals surface area contributed by atoms with E-state index >= 15 is 0 Å². The Morgan fingerprint density at radius 3 is 2.76 bits per heavy atom. The van der Waals surface area contributed by atoms with E-state index in [0.717, 1.165) is 54.2 Å². The van der Waals surface area contributed by atoms with Gasteiger partial charge in [-0.05, 0) is 82.0 Å². The summed E-state index contributed by atoms with van der Waals surface area (Å²) in [6.07, 6.45) is 4.58. The van der Waals surface area contributed by atoms with Gasteiger partial charge in [0.05, 0.1) is 6.04 Å². The number of halogens is 1. The summed E-state index contributed by atoms with van der Waals surface area (Å²) in [6, 6.07) is 15.5. The van der Waals surface area contributed by atoms with E-state index in [1.165, 1.54) is 16.9 Å². The van der Waals surface area contributed by atoms with Crippen LogP contribution in [0.1, 0.15) is 54.4 Å². The molecule has 2 aliphatic heterocycles. The van der Waals surface area contributed by atoms with Crippen LogP contribution in [0.5, 0.6) is 0 Å². The van der Waals surface area contributed by atoms with Crippen molar-refractivity contribution in [2.75, 3.05) is 18.4 Å². The van der Waals surface area contributed by atoms with Crippen molar-refractivity contribution < 1.29 is 9.18 Å². The maximum absolute atomic E-state index is 13.7. The Labute approximate surface area is 204 Å². The van der Waals surface area contributed by atoms with Crippen LogP contribution in [0.2, 0.25) is 0 Å². The first kappa shape index (κ1) is 23.0. The van der Waals surface area contributed by atoms with E-state index in [1.807, 2.05) is 37.4 Å². The summed E-state index contributed by atoms with van der Waals surface area (Å²) in [5, 5.41) is 6.07. The van der Waals surface area contributed by atoms with Crippen molar-refractivity contribution in [1.82, 2.24) is 15.2 Å². The van der Waals surface area contributed by atoms with Gasteiger partial charge in [0.2, 0.25) is 0 Å². The Morgan fingerprint density at radius 1 is 1.21 bits per heavy atom. The molecule has 1 fully saturated rings. The summed E-state index contributed by atoms with van der Waals surface area (Å²) >= 11 is 1.22. The molecule has 1 saturated heterocycles. The second kappa shape index (κ2) is 8.78.